The third kappa shape index (κ3) is 6.06. The first kappa shape index (κ1) is 24.8. The summed E-state index contributed by atoms with van der Waals surface area (Å²) >= 11 is 0. The standard InChI is InChI=1S/C29H35FN2O4/c30-23-9-7-21(8-10-23)28(33)22-14-17-32(18-15-22)16-13-20-5-11-24(12-6-20)31-29(34)27-19-35-25-3-1-2-4-26(25)36-27/h1-4,7-10,20,22,24,27H,5-6,11-19H2,(H,31,34). The smallest absolute Gasteiger partial charge is 0.264 e. The number of rotatable bonds is 7. The van der Waals surface area contributed by atoms with Crippen LogP contribution >= 0.6 is 0 Å². The number of nitrogens with zero attached hydrogens (tertiary/aromatic N) is 1. The molecule has 0 bridgehead atoms. The molecular weight excluding hydrogens is 459 g/mol. The van der Waals surface area contributed by atoms with E-state index < -0.39 is 6.10 Å². The van der Waals surface area contributed by atoms with E-state index in [1.54, 1.807) is 12.1 Å². The van der Waals surface area contributed by atoms with E-state index in [9.17, 15) is 14.0 Å². The van der Waals surface area contributed by atoms with Crippen molar-refractivity contribution >= 4 is 11.7 Å². The van der Waals surface area contributed by atoms with E-state index >= 15 is 0 Å². The van der Waals surface area contributed by atoms with Crippen LogP contribution < -0.4 is 14.8 Å². The van der Waals surface area contributed by atoms with Crippen molar-refractivity contribution in [1.29, 1.82) is 0 Å². The number of piperidine rings is 1. The maximum Gasteiger partial charge on any atom is 0.264 e. The zero-order chi connectivity index (χ0) is 24.9. The van der Waals surface area contributed by atoms with Gasteiger partial charge in [0.15, 0.2) is 17.3 Å². The molecule has 1 atom stereocenters. The molecule has 1 saturated carbocycles. The Bertz CT molecular complexity index is 1040. The number of fused-ring (bicyclic) bond motifs is 1. The van der Waals surface area contributed by atoms with Crippen LogP contribution in [-0.4, -0.2) is 55.0 Å². The number of benzene rings is 2. The van der Waals surface area contributed by atoms with E-state index in [1.807, 2.05) is 24.3 Å². The monoisotopic (exact) mass is 494 g/mol. The lowest BCUT2D eigenvalue weighted by Gasteiger charge is -2.34. The fourth-order valence-corrected chi connectivity index (χ4v) is 5.67. The number of hydrogen-bond acceptors (Lipinski definition) is 5. The second-order valence-corrected chi connectivity index (χ2v) is 10.4. The zero-order valence-electron chi connectivity index (χ0n) is 20.7. The molecule has 2 heterocycles. The predicted molar refractivity (Wildman–Crippen MR) is 135 cm³/mol. The average Bonchev–Trinajstić information content (AvgIpc) is 2.92. The number of ether oxygens (including phenoxy) is 2. The van der Waals surface area contributed by atoms with Gasteiger partial charge in [-0.3, -0.25) is 9.59 Å². The molecule has 192 valence electrons. The molecule has 1 amide bonds. The van der Waals surface area contributed by atoms with E-state index in [0.717, 1.165) is 64.6 Å². The van der Waals surface area contributed by atoms with E-state index in [4.69, 9.17) is 9.47 Å². The Balaban J connectivity index is 0.986. The number of carbonyl (C=O) groups excluding carboxylic acids is 2. The van der Waals surface area contributed by atoms with Crippen molar-refractivity contribution < 1.29 is 23.5 Å². The van der Waals surface area contributed by atoms with Gasteiger partial charge in [0.1, 0.15) is 12.4 Å². The summed E-state index contributed by atoms with van der Waals surface area (Å²) < 4.78 is 24.6. The van der Waals surface area contributed by atoms with Crippen LogP contribution in [0.25, 0.3) is 0 Å². The maximum atomic E-state index is 13.1. The van der Waals surface area contributed by atoms with Gasteiger partial charge in [-0.05, 0) is 107 Å². The third-order valence-corrected chi connectivity index (χ3v) is 7.93. The van der Waals surface area contributed by atoms with Crippen LogP contribution in [0.1, 0.15) is 55.3 Å². The lowest BCUT2D eigenvalue weighted by Crippen LogP contribution is -2.48. The summed E-state index contributed by atoms with van der Waals surface area (Å²) in [5.74, 6) is 1.77. The van der Waals surface area contributed by atoms with Gasteiger partial charge in [-0.25, -0.2) is 4.39 Å². The minimum Gasteiger partial charge on any atom is -0.485 e. The van der Waals surface area contributed by atoms with Crippen molar-refractivity contribution in [2.75, 3.05) is 26.2 Å². The summed E-state index contributed by atoms with van der Waals surface area (Å²) in [6, 6.07) is 13.5. The van der Waals surface area contributed by atoms with E-state index in [0.29, 0.717) is 23.0 Å². The van der Waals surface area contributed by atoms with E-state index in [1.165, 1.54) is 12.1 Å². The molecule has 1 saturated heterocycles. The molecule has 36 heavy (non-hydrogen) atoms. The first-order valence-corrected chi connectivity index (χ1v) is 13.3. The van der Waals surface area contributed by atoms with Crippen LogP contribution in [0.4, 0.5) is 4.39 Å². The Kier molecular flexibility index (Phi) is 7.85. The molecular formula is C29H35FN2O4. The fourth-order valence-electron chi connectivity index (χ4n) is 5.67. The van der Waals surface area contributed by atoms with Gasteiger partial charge in [-0.1, -0.05) is 12.1 Å². The molecule has 3 aliphatic rings. The molecule has 6 nitrogen and oxygen atoms in total. The molecule has 2 aromatic carbocycles. The number of nitrogens with one attached hydrogen (secondary N) is 1. The van der Waals surface area contributed by atoms with Gasteiger partial charge in [0.2, 0.25) is 6.10 Å². The van der Waals surface area contributed by atoms with Crippen molar-refractivity contribution in [3.05, 3.63) is 59.9 Å². The van der Waals surface area contributed by atoms with E-state index in [2.05, 4.69) is 10.2 Å². The van der Waals surface area contributed by atoms with Gasteiger partial charge in [0.25, 0.3) is 5.91 Å². The van der Waals surface area contributed by atoms with E-state index in [-0.39, 0.29) is 36.1 Å². The maximum absolute atomic E-state index is 13.1. The van der Waals surface area contributed by atoms with Gasteiger partial charge in [-0.2, -0.15) is 0 Å². The number of halogens is 1. The van der Waals surface area contributed by atoms with Gasteiger partial charge in [0, 0.05) is 17.5 Å². The summed E-state index contributed by atoms with van der Waals surface area (Å²) in [6.07, 6.45) is 6.52. The second-order valence-electron chi connectivity index (χ2n) is 10.4. The molecule has 7 heteroatoms. The van der Waals surface area contributed by atoms with Crippen molar-refractivity contribution in [2.45, 2.75) is 57.1 Å². The molecule has 5 rings (SSSR count). The molecule has 0 aromatic heterocycles. The van der Waals surface area contributed by atoms with Crippen LogP contribution in [0.5, 0.6) is 11.5 Å². The summed E-state index contributed by atoms with van der Waals surface area (Å²) in [4.78, 5) is 27.9. The first-order valence-electron chi connectivity index (χ1n) is 13.3. The molecule has 2 aliphatic heterocycles. The number of para-hydroxylation sites is 2. The summed E-state index contributed by atoms with van der Waals surface area (Å²) in [7, 11) is 0. The molecule has 1 aliphatic carbocycles. The molecule has 2 fully saturated rings. The van der Waals surface area contributed by atoms with Crippen LogP contribution in [-0.2, 0) is 4.79 Å². The highest BCUT2D eigenvalue weighted by molar-refractivity contribution is 5.97. The quantitative estimate of drug-likeness (QED) is 0.569. The minimum absolute atomic E-state index is 0.0396. The fraction of sp³-hybridized carbons (Fsp3) is 0.517. The number of amides is 1. The second kappa shape index (κ2) is 11.4. The van der Waals surface area contributed by atoms with Crippen LogP contribution in [0.3, 0.4) is 0 Å². The molecule has 1 unspecified atom stereocenters. The van der Waals surface area contributed by atoms with Crippen LogP contribution in [0.15, 0.2) is 48.5 Å². The van der Waals surface area contributed by atoms with Crippen molar-refractivity contribution in [1.82, 2.24) is 10.2 Å². The Hall–Kier alpha value is -2.93. The molecule has 2 aromatic rings. The Morgan fingerprint density at radius 2 is 1.61 bits per heavy atom. The SMILES string of the molecule is O=C(c1ccc(F)cc1)C1CCN(CCC2CCC(NC(=O)C3COc4ccccc4O3)CC2)CC1. The number of ketones is 1. The lowest BCUT2D eigenvalue weighted by atomic mass is 9.83. The predicted octanol–water partition coefficient (Wildman–Crippen LogP) is 4.63. The minimum atomic E-state index is -0.601. The summed E-state index contributed by atoms with van der Waals surface area (Å²) in [5, 5.41) is 3.17. The first-order chi connectivity index (χ1) is 17.5. The van der Waals surface area contributed by atoms with Gasteiger partial charge >= 0.3 is 0 Å². The topological polar surface area (TPSA) is 67.9 Å². The van der Waals surface area contributed by atoms with Gasteiger partial charge in [0.05, 0.1) is 0 Å². The number of Topliss-reactive ketones (excluding diaryl/α,β-unsaturated/α-hetero) is 1. The molecule has 1 N–H and O–H groups in total. The average molecular weight is 495 g/mol. The highest BCUT2D eigenvalue weighted by Gasteiger charge is 2.31. The van der Waals surface area contributed by atoms with Crippen LogP contribution in [0, 0.1) is 17.7 Å². The zero-order valence-corrected chi connectivity index (χ0v) is 20.7. The number of carbonyl (C=O) groups is 2. The van der Waals surface area contributed by atoms with Gasteiger partial charge in [-0.15, -0.1) is 0 Å². The Morgan fingerprint density at radius 3 is 2.33 bits per heavy atom. The molecule has 0 spiro atoms. The highest BCUT2D eigenvalue weighted by Crippen LogP contribution is 2.32. The van der Waals surface area contributed by atoms with Crippen LogP contribution in [0.2, 0.25) is 0 Å². The van der Waals surface area contributed by atoms with Crippen molar-refractivity contribution in [3.63, 3.8) is 0 Å². The largest absolute Gasteiger partial charge is 0.485 e. The number of likely N-dealkylation sites (tertiary alicyclic amines) is 1. The third-order valence-electron chi connectivity index (χ3n) is 7.93. The normalized spacial score (nSPS) is 24.8. The van der Waals surface area contributed by atoms with Crippen molar-refractivity contribution in [3.8, 4) is 11.5 Å². The highest BCUT2D eigenvalue weighted by atomic mass is 19.1. The summed E-state index contributed by atoms with van der Waals surface area (Å²) in [6.45, 7) is 3.18. The Morgan fingerprint density at radius 1 is 0.917 bits per heavy atom. The van der Waals surface area contributed by atoms with Crippen molar-refractivity contribution in [2.24, 2.45) is 11.8 Å². The number of hydrogen-bond donors (Lipinski definition) is 1. The van der Waals surface area contributed by atoms with Gasteiger partial charge < -0.3 is 19.7 Å². The molecule has 0 radical (unpaired) electrons. The Labute approximate surface area is 212 Å². The summed E-state index contributed by atoms with van der Waals surface area (Å²) in [5.41, 5.74) is 0.617. The lowest BCUT2D eigenvalue weighted by molar-refractivity contribution is -0.131.